The standard InChI is InChI=1S/C29H32ClN5O3/c1-33(2)8-9-34-10-12-35(13-11-34)29(37)23-14-19(16-25(30)27(23)36)20-15-22-24(18-32-28(22)31-17-20)21-6-4-5-7-26(21)38-3/h4-7,14-18,36H,8-13H2,1-3H3,(H,31,32). The lowest BCUT2D eigenvalue weighted by Gasteiger charge is -2.35. The van der Waals surface area contributed by atoms with Crippen LogP contribution >= 0.6 is 11.6 Å². The van der Waals surface area contributed by atoms with Gasteiger partial charge in [0, 0.05) is 73.7 Å². The number of phenols is 1. The molecule has 2 N–H and O–H groups in total. The van der Waals surface area contributed by atoms with Crippen LogP contribution in [0.1, 0.15) is 10.4 Å². The summed E-state index contributed by atoms with van der Waals surface area (Å²) in [5.41, 5.74) is 4.35. The van der Waals surface area contributed by atoms with Crippen molar-refractivity contribution in [1.82, 2.24) is 24.7 Å². The number of aromatic hydroxyl groups is 1. The van der Waals surface area contributed by atoms with E-state index in [9.17, 15) is 9.90 Å². The zero-order valence-corrected chi connectivity index (χ0v) is 22.6. The van der Waals surface area contributed by atoms with Crippen molar-refractivity contribution >= 4 is 28.5 Å². The Balaban J connectivity index is 1.44. The van der Waals surface area contributed by atoms with Gasteiger partial charge in [0.2, 0.25) is 0 Å². The molecule has 2 aromatic carbocycles. The van der Waals surface area contributed by atoms with Gasteiger partial charge < -0.3 is 24.6 Å². The number of ether oxygens (including phenoxy) is 1. The first-order valence-corrected chi connectivity index (χ1v) is 13.0. The van der Waals surface area contributed by atoms with Gasteiger partial charge in [0.15, 0.2) is 0 Å². The van der Waals surface area contributed by atoms with Gasteiger partial charge in [-0.2, -0.15) is 0 Å². The molecule has 1 aliphatic heterocycles. The van der Waals surface area contributed by atoms with Gasteiger partial charge in [-0.25, -0.2) is 4.98 Å². The number of hydrogen-bond acceptors (Lipinski definition) is 6. The number of amides is 1. The third-order valence-electron chi connectivity index (χ3n) is 7.08. The Morgan fingerprint density at radius 3 is 2.61 bits per heavy atom. The number of hydrogen-bond donors (Lipinski definition) is 2. The first-order valence-electron chi connectivity index (χ1n) is 12.7. The van der Waals surface area contributed by atoms with Crippen LogP contribution in [0.3, 0.4) is 0 Å². The maximum absolute atomic E-state index is 13.5. The topological polar surface area (TPSA) is 84.9 Å². The molecule has 9 heteroatoms. The molecule has 0 aliphatic carbocycles. The smallest absolute Gasteiger partial charge is 0.257 e. The number of nitrogens with zero attached hydrogens (tertiary/aromatic N) is 4. The van der Waals surface area contributed by atoms with Crippen LogP contribution in [-0.4, -0.2) is 96.2 Å². The van der Waals surface area contributed by atoms with Crippen molar-refractivity contribution < 1.29 is 14.6 Å². The average molecular weight is 534 g/mol. The molecule has 5 rings (SSSR count). The molecule has 1 saturated heterocycles. The van der Waals surface area contributed by atoms with Gasteiger partial charge in [-0.1, -0.05) is 29.8 Å². The number of rotatable bonds is 7. The number of phenolic OH excluding ortho intramolecular Hbond substituents is 1. The molecule has 0 saturated carbocycles. The predicted molar refractivity (Wildman–Crippen MR) is 151 cm³/mol. The number of benzene rings is 2. The second-order valence-electron chi connectivity index (χ2n) is 9.81. The number of aromatic nitrogens is 2. The minimum absolute atomic E-state index is 0.134. The molecule has 2 aromatic heterocycles. The zero-order chi connectivity index (χ0) is 26.8. The van der Waals surface area contributed by atoms with E-state index in [-0.39, 0.29) is 22.2 Å². The van der Waals surface area contributed by atoms with Gasteiger partial charge in [-0.15, -0.1) is 0 Å². The summed E-state index contributed by atoms with van der Waals surface area (Å²) in [6.45, 7) is 4.75. The lowest BCUT2D eigenvalue weighted by molar-refractivity contribution is 0.0627. The number of methoxy groups -OCH3 is 1. The van der Waals surface area contributed by atoms with Crippen molar-refractivity contribution in [2.45, 2.75) is 0 Å². The first kappa shape index (κ1) is 26.0. The van der Waals surface area contributed by atoms with Crippen LogP contribution < -0.4 is 4.74 Å². The van der Waals surface area contributed by atoms with E-state index < -0.39 is 0 Å². The normalized spacial score (nSPS) is 14.4. The Bertz CT molecular complexity index is 1460. The van der Waals surface area contributed by atoms with Crippen molar-refractivity contribution in [1.29, 1.82) is 0 Å². The largest absolute Gasteiger partial charge is 0.506 e. The summed E-state index contributed by atoms with van der Waals surface area (Å²) in [5, 5.41) is 11.8. The van der Waals surface area contributed by atoms with Crippen molar-refractivity contribution in [2.75, 3.05) is 60.5 Å². The lowest BCUT2D eigenvalue weighted by atomic mass is 9.99. The fourth-order valence-electron chi connectivity index (χ4n) is 4.87. The number of para-hydroxylation sites is 1. The molecule has 38 heavy (non-hydrogen) atoms. The molecule has 1 aliphatic rings. The zero-order valence-electron chi connectivity index (χ0n) is 21.9. The molecule has 0 atom stereocenters. The highest BCUT2D eigenvalue weighted by atomic mass is 35.5. The second kappa shape index (κ2) is 11.0. The van der Waals surface area contributed by atoms with Gasteiger partial charge in [-0.3, -0.25) is 9.69 Å². The Hall–Kier alpha value is -3.59. The Labute approximate surface area is 227 Å². The molecular weight excluding hydrogens is 502 g/mol. The second-order valence-corrected chi connectivity index (χ2v) is 10.2. The Morgan fingerprint density at radius 2 is 1.87 bits per heavy atom. The lowest BCUT2D eigenvalue weighted by Crippen LogP contribution is -2.50. The summed E-state index contributed by atoms with van der Waals surface area (Å²) in [7, 11) is 5.77. The highest BCUT2D eigenvalue weighted by molar-refractivity contribution is 6.33. The molecule has 8 nitrogen and oxygen atoms in total. The van der Waals surface area contributed by atoms with E-state index in [0.29, 0.717) is 18.7 Å². The number of fused-ring (bicyclic) bond motifs is 1. The molecule has 0 radical (unpaired) electrons. The van der Waals surface area contributed by atoms with Crippen LogP contribution in [0.2, 0.25) is 5.02 Å². The quantitative estimate of drug-likeness (QED) is 0.361. The van der Waals surface area contributed by atoms with E-state index in [4.69, 9.17) is 16.3 Å². The Kier molecular flexibility index (Phi) is 7.56. The van der Waals surface area contributed by atoms with E-state index >= 15 is 0 Å². The van der Waals surface area contributed by atoms with Crippen molar-refractivity contribution in [3.63, 3.8) is 0 Å². The number of H-pyrrole nitrogens is 1. The van der Waals surface area contributed by atoms with Crippen LogP contribution in [0.15, 0.2) is 54.9 Å². The van der Waals surface area contributed by atoms with Gasteiger partial charge in [0.05, 0.1) is 17.7 Å². The fourth-order valence-corrected chi connectivity index (χ4v) is 5.09. The summed E-state index contributed by atoms with van der Waals surface area (Å²) in [4.78, 5) is 27.6. The monoisotopic (exact) mass is 533 g/mol. The first-order chi connectivity index (χ1) is 18.4. The molecule has 4 aromatic rings. The number of carbonyl (C=O) groups excluding carboxylic acids is 1. The highest BCUT2D eigenvalue weighted by Crippen LogP contribution is 2.38. The number of nitrogens with one attached hydrogen (secondary N) is 1. The number of pyridine rings is 1. The van der Waals surface area contributed by atoms with E-state index in [1.165, 1.54) is 0 Å². The van der Waals surface area contributed by atoms with E-state index in [1.54, 1.807) is 30.3 Å². The van der Waals surface area contributed by atoms with Crippen LogP contribution in [-0.2, 0) is 0 Å². The van der Waals surface area contributed by atoms with Crippen LogP contribution in [0.25, 0.3) is 33.3 Å². The predicted octanol–water partition coefficient (Wildman–Crippen LogP) is 4.58. The fraction of sp³-hybridized carbons (Fsp3) is 0.310. The minimum Gasteiger partial charge on any atom is -0.506 e. The van der Waals surface area contributed by atoms with Gasteiger partial charge in [0.25, 0.3) is 5.91 Å². The maximum Gasteiger partial charge on any atom is 0.257 e. The maximum atomic E-state index is 13.5. The van der Waals surface area contributed by atoms with E-state index in [1.807, 2.05) is 36.5 Å². The number of halogens is 1. The number of carbonyl (C=O) groups is 1. The number of likely N-dealkylation sites (N-methyl/N-ethyl adjacent to an activating group) is 1. The van der Waals surface area contributed by atoms with Crippen LogP contribution in [0.5, 0.6) is 11.5 Å². The van der Waals surface area contributed by atoms with E-state index in [2.05, 4.69) is 33.9 Å². The number of aromatic amines is 1. The molecule has 1 fully saturated rings. The Morgan fingerprint density at radius 1 is 1.11 bits per heavy atom. The summed E-state index contributed by atoms with van der Waals surface area (Å²) in [6.07, 6.45) is 3.65. The molecule has 198 valence electrons. The third-order valence-corrected chi connectivity index (χ3v) is 7.37. The number of piperazine rings is 1. The molecule has 0 spiro atoms. The molecule has 3 heterocycles. The SMILES string of the molecule is COc1ccccc1-c1c[nH]c2ncc(-c3cc(Cl)c(O)c(C(=O)N4CCN(CCN(C)C)CC4)c3)cc12. The van der Waals surface area contributed by atoms with Crippen LogP contribution in [0.4, 0.5) is 0 Å². The van der Waals surface area contributed by atoms with Crippen LogP contribution in [0, 0.1) is 0 Å². The summed E-state index contributed by atoms with van der Waals surface area (Å²) in [5.74, 6) is 0.353. The third kappa shape index (κ3) is 5.20. The summed E-state index contributed by atoms with van der Waals surface area (Å²) < 4.78 is 5.57. The van der Waals surface area contributed by atoms with Crippen molar-refractivity contribution in [2.24, 2.45) is 0 Å². The summed E-state index contributed by atoms with van der Waals surface area (Å²) >= 11 is 6.43. The van der Waals surface area contributed by atoms with Gasteiger partial charge >= 0.3 is 0 Å². The highest BCUT2D eigenvalue weighted by Gasteiger charge is 2.26. The van der Waals surface area contributed by atoms with Gasteiger partial charge in [-0.05, 0) is 43.9 Å². The molecule has 0 unspecified atom stereocenters. The summed E-state index contributed by atoms with van der Waals surface area (Å²) in [6, 6.07) is 13.2. The van der Waals surface area contributed by atoms with Crippen molar-refractivity contribution in [3.05, 3.63) is 65.4 Å². The molecular formula is C29H32ClN5O3. The van der Waals surface area contributed by atoms with Crippen molar-refractivity contribution in [3.8, 4) is 33.8 Å². The molecule has 0 bridgehead atoms. The minimum atomic E-state index is -0.219. The van der Waals surface area contributed by atoms with Gasteiger partial charge in [0.1, 0.15) is 17.1 Å². The van der Waals surface area contributed by atoms with E-state index in [0.717, 1.165) is 59.7 Å². The average Bonchev–Trinajstić information content (AvgIpc) is 3.36. The molecule has 1 amide bonds.